The van der Waals surface area contributed by atoms with Crippen LogP contribution in [0.4, 0.5) is 0 Å². The van der Waals surface area contributed by atoms with Crippen molar-refractivity contribution in [2.45, 2.75) is 33.1 Å². The van der Waals surface area contributed by atoms with Gasteiger partial charge in [-0.05, 0) is 18.1 Å². The molecule has 0 saturated carbocycles. The van der Waals surface area contributed by atoms with Gasteiger partial charge in [0.1, 0.15) is 0 Å². The van der Waals surface area contributed by atoms with Gasteiger partial charge < -0.3 is 0 Å². The lowest BCUT2D eigenvalue weighted by atomic mass is 10.2. The Bertz CT molecular complexity index is 371. The van der Waals surface area contributed by atoms with Crippen LogP contribution in [-0.4, -0.2) is 14.3 Å². The molecule has 0 radical (unpaired) electrons. The highest BCUT2D eigenvalue weighted by Gasteiger charge is 2.07. The van der Waals surface area contributed by atoms with Crippen LogP contribution in [-0.2, 0) is 6.54 Å². The molecule has 0 spiro atoms. The highest BCUT2D eigenvalue weighted by atomic mass is 28.3. The molecule has 0 aliphatic carbocycles. The third-order valence-electron chi connectivity index (χ3n) is 2.07. The molecule has 0 atom stereocenters. The number of hydrogen-bond acceptors (Lipinski definition) is 1. The smallest absolute Gasteiger partial charge is 0.0691 e. The van der Waals surface area contributed by atoms with Crippen molar-refractivity contribution >= 4 is 14.3 Å². The van der Waals surface area contributed by atoms with Gasteiger partial charge in [0.15, 0.2) is 0 Å². The molecule has 1 aromatic carbocycles. The molecule has 1 rings (SSSR count). The molecule has 0 aliphatic rings. The average molecular weight is 231 g/mol. The molecule has 0 aromatic heterocycles. The van der Waals surface area contributed by atoms with E-state index in [2.05, 4.69) is 61.5 Å². The maximum atomic E-state index is 4.45. The van der Waals surface area contributed by atoms with Crippen LogP contribution in [0.5, 0.6) is 0 Å². The fourth-order valence-corrected chi connectivity index (χ4v) is 3.04. The van der Waals surface area contributed by atoms with E-state index in [-0.39, 0.29) is 0 Å². The van der Waals surface area contributed by atoms with E-state index in [0.717, 1.165) is 6.54 Å². The number of rotatable bonds is 4. The lowest BCUT2D eigenvalue weighted by Gasteiger charge is -2.09. The summed E-state index contributed by atoms with van der Waals surface area (Å²) < 4.78 is 0. The molecule has 0 heterocycles. The van der Waals surface area contributed by atoms with Gasteiger partial charge in [-0.25, -0.2) is 0 Å². The first-order valence-corrected chi connectivity index (χ1v) is 9.28. The van der Waals surface area contributed by atoms with E-state index in [9.17, 15) is 0 Å². The Hall–Kier alpha value is -1.15. The van der Waals surface area contributed by atoms with Crippen molar-refractivity contribution in [2.24, 2.45) is 4.99 Å². The second-order valence-corrected chi connectivity index (χ2v) is 10.2. The SMILES string of the molecule is C/C(C=NCc1ccccc1)=C\[Si](C)(C)C. The number of nitrogens with zero attached hydrogens (tertiary/aromatic N) is 1. The molecule has 0 aliphatic heterocycles. The Morgan fingerprint density at radius 2 is 1.81 bits per heavy atom. The van der Waals surface area contributed by atoms with Crippen LogP contribution < -0.4 is 0 Å². The molecule has 1 nitrogen and oxygen atoms in total. The number of aliphatic imine (C=N–C) groups is 1. The second-order valence-electron chi connectivity index (χ2n) is 5.21. The Morgan fingerprint density at radius 1 is 1.19 bits per heavy atom. The van der Waals surface area contributed by atoms with Crippen LogP contribution in [0.3, 0.4) is 0 Å². The number of allylic oxidation sites excluding steroid dienone is 1. The highest BCUT2D eigenvalue weighted by Crippen LogP contribution is 2.06. The van der Waals surface area contributed by atoms with Crippen LogP contribution in [0.2, 0.25) is 19.6 Å². The Morgan fingerprint density at radius 3 is 2.38 bits per heavy atom. The zero-order valence-corrected chi connectivity index (χ0v) is 11.7. The Kier molecular flexibility index (Phi) is 4.68. The number of benzene rings is 1. The van der Waals surface area contributed by atoms with Gasteiger partial charge in [0.2, 0.25) is 0 Å². The minimum Gasteiger partial charge on any atom is -0.288 e. The van der Waals surface area contributed by atoms with Crippen LogP contribution in [0.25, 0.3) is 0 Å². The van der Waals surface area contributed by atoms with Gasteiger partial charge in [0.05, 0.1) is 14.6 Å². The van der Waals surface area contributed by atoms with Gasteiger partial charge in [-0.15, -0.1) is 0 Å². The molecule has 1 aromatic rings. The fraction of sp³-hybridized carbons (Fsp3) is 0.357. The predicted molar refractivity (Wildman–Crippen MR) is 75.7 cm³/mol. The van der Waals surface area contributed by atoms with E-state index < -0.39 is 8.07 Å². The molecule has 2 heteroatoms. The van der Waals surface area contributed by atoms with E-state index in [4.69, 9.17) is 0 Å². The second kappa shape index (κ2) is 5.80. The monoisotopic (exact) mass is 231 g/mol. The molecule has 86 valence electrons. The van der Waals surface area contributed by atoms with Gasteiger partial charge in [-0.2, -0.15) is 0 Å². The maximum absolute atomic E-state index is 4.45. The Balaban J connectivity index is 2.53. The third-order valence-corrected chi connectivity index (χ3v) is 3.39. The zero-order valence-electron chi connectivity index (χ0n) is 10.7. The molecule has 16 heavy (non-hydrogen) atoms. The fourth-order valence-electron chi connectivity index (χ4n) is 1.60. The number of hydrogen-bond donors (Lipinski definition) is 0. The third kappa shape index (κ3) is 5.66. The minimum atomic E-state index is -1.10. The normalized spacial score (nSPS) is 13.4. The molecule has 0 N–H and O–H groups in total. The van der Waals surface area contributed by atoms with E-state index in [1.165, 1.54) is 11.1 Å². The summed E-state index contributed by atoms with van der Waals surface area (Å²) >= 11 is 0. The van der Waals surface area contributed by atoms with Crippen molar-refractivity contribution in [3.8, 4) is 0 Å². The summed E-state index contributed by atoms with van der Waals surface area (Å²) in [5.41, 5.74) is 4.93. The molecular formula is C14H21NSi. The zero-order chi connectivity index (χ0) is 12.0. The van der Waals surface area contributed by atoms with E-state index in [0.29, 0.717) is 0 Å². The quantitative estimate of drug-likeness (QED) is 0.547. The molecule has 0 fully saturated rings. The minimum absolute atomic E-state index is 0.776. The summed E-state index contributed by atoms with van der Waals surface area (Å²) in [5, 5.41) is 0. The summed E-state index contributed by atoms with van der Waals surface area (Å²) in [5.74, 6) is 0. The van der Waals surface area contributed by atoms with E-state index >= 15 is 0 Å². The maximum Gasteiger partial charge on any atom is 0.0691 e. The molecule has 0 amide bonds. The summed E-state index contributed by atoms with van der Waals surface area (Å²) in [6.07, 6.45) is 1.99. The van der Waals surface area contributed by atoms with Crippen molar-refractivity contribution in [1.29, 1.82) is 0 Å². The van der Waals surface area contributed by atoms with Crippen molar-refractivity contribution < 1.29 is 0 Å². The highest BCUT2D eigenvalue weighted by molar-refractivity contribution is 6.81. The summed E-state index contributed by atoms with van der Waals surface area (Å²) in [6.45, 7) is 9.91. The molecule has 0 saturated heterocycles. The lowest BCUT2D eigenvalue weighted by molar-refractivity contribution is 1.08. The average Bonchev–Trinajstić information content (AvgIpc) is 2.16. The predicted octanol–water partition coefficient (Wildman–Crippen LogP) is 4.08. The lowest BCUT2D eigenvalue weighted by Crippen LogP contribution is -2.16. The van der Waals surface area contributed by atoms with Crippen molar-refractivity contribution in [3.05, 3.63) is 47.2 Å². The van der Waals surface area contributed by atoms with Crippen LogP contribution in [0.15, 0.2) is 46.6 Å². The molecule has 0 bridgehead atoms. The van der Waals surface area contributed by atoms with Crippen molar-refractivity contribution in [2.75, 3.05) is 0 Å². The summed E-state index contributed by atoms with van der Waals surface area (Å²) in [6, 6.07) is 10.3. The van der Waals surface area contributed by atoms with Crippen LogP contribution in [0.1, 0.15) is 12.5 Å². The van der Waals surface area contributed by atoms with Gasteiger partial charge in [0.25, 0.3) is 0 Å². The first kappa shape index (κ1) is 12.9. The van der Waals surface area contributed by atoms with E-state index in [1.54, 1.807) is 0 Å². The van der Waals surface area contributed by atoms with Gasteiger partial charge in [-0.3, -0.25) is 4.99 Å². The van der Waals surface area contributed by atoms with Crippen molar-refractivity contribution in [1.82, 2.24) is 0 Å². The largest absolute Gasteiger partial charge is 0.288 e. The van der Waals surface area contributed by atoms with Crippen LogP contribution in [0, 0.1) is 0 Å². The summed E-state index contributed by atoms with van der Waals surface area (Å²) in [7, 11) is -1.10. The first-order chi connectivity index (χ1) is 7.47. The van der Waals surface area contributed by atoms with Gasteiger partial charge >= 0.3 is 0 Å². The van der Waals surface area contributed by atoms with Gasteiger partial charge in [0, 0.05) is 6.21 Å². The van der Waals surface area contributed by atoms with Gasteiger partial charge in [-0.1, -0.05) is 55.7 Å². The first-order valence-electron chi connectivity index (χ1n) is 5.70. The summed E-state index contributed by atoms with van der Waals surface area (Å²) in [4.78, 5) is 4.45. The van der Waals surface area contributed by atoms with E-state index in [1.807, 2.05) is 12.3 Å². The molecular weight excluding hydrogens is 210 g/mol. The molecule has 0 unspecified atom stereocenters. The topological polar surface area (TPSA) is 12.4 Å². The van der Waals surface area contributed by atoms with Crippen molar-refractivity contribution in [3.63, 3.8) is 0 Å². The van der Waals surface area contributed by atoms with Crippen LogP contribution >= 0.6 is 0 Å². The standard InChI is InChI=1S/C14H21NSi/c1-13(12-16(2,3)4)10-15-11-14-8-6-5-7-9-14/h5-10,12H,11H2,1-4H3/b13-12+,15-10?. The Labute approximate surface area is 99.9 Å².